The molecule has 3 heterocycles. The molecule has 1 aromatic heterocycles. The molecule has 5 rings (SSSR count). The van der Waals surface area contributed by atoms with Crippen molar-refractivity contribution in [2.75, 3.05) is 44.2 Å². The van der Waals surface area contributed by atoms with Crippen molar-refractivity contribution in [1.29, 1.82) is 0 Å². The second kappa shape index (κ2) is 8.74. The zero-order chi connectivity index (χ0) is 22.1. The van der Waals surface area contributed by atoms with Gasteiger partial charge < -0.3 is 14.7 Å². The number of anilines is 1. The van der Waals surface area contributed by atoms with Crippen LogP contribution in [0, 0.1) is 11.3 Å². The first-order chi connectivity index (χ1) is 15.5. The van der Waals surface area contributed by atoms with E-state index in [-0.39, 0.29) is 17.2 Å². The number of carbonyl (C=O) groups excluding carboxylic acids is 2. The van der Waals surface area contributed by atoms with E-state index >= 15 is 0 Å². The molecule has 2 aromatic rings. The van der Waals surface area contributed by atoms with Crippen LogP contribution in [-0.4, -0.2) is 65.9 Å². The van der Waals surface area contributed by atoms with Crippen molar-refractivity contribution in [3.63, 3.8) is 0 Å². The van der Waals surface area contributed by atoms with Crippen LogP contribution in [0.15, 0.2) is 48.7 Å². The van der Waals surface area contributed by atoms with E-state index in [1.807, 2.05) is 58.5 Å². The van der Waals surface area contributed by atoms with Gasteiger partial charge in [-0.25, -0.2) is 4.98 Å². The lowest BCUT2D eigenvalue weighted by atomic mass is 9.90. The molecule has 2 saturated heterocycles. The summed E-state index contributed by atoms with van der Waals surface area (Å²) in [5.41, 5.74) is 1.11. The lowest BCUT2D eigenvalue weighted by Gasteiger charge is -2.37. The number of carbonyl (C=O) groups is 2. The third-order valence-corrected chi connectivity index (χ3v) is 7.68. The lowest BCUT2D eigenvalue weighted by molar-refractivity contribution is -0.134. The summed E-state index contributed by atoms with van der Waals surface area (Å²) in [4.78, 5) is 36.5. The largest absolute Gasteiger partial charge is 0.353 e. The van der Waals surface area contributed by atoms with Gasteiger partial charge >= 0.3 is 0 Å². The third-order valence-electron chi connectivity index (χ3n) is 7.43. The quantitative estimate of drug-likeness (QED) is 0.714. The predicted octanol–water partition coefficient (Wildman–Crippen LogP) is 3.26. The van der Waals surface area contributed by atoms with Crippen LogP contribution in [0.1, 0.15) is 24.8 Å². The van der Waals surface area contributed by atoms with Crippen LogP contribution in [0.2, 0.25) is 5.02 Å². The van der Waals surface area contributed by atoms with Gasteiger partial charge in [0.05, 0.1) is 6.42 Å². The van der Waals surface area contributed by atoms with Crippen molar-refractivity contribution in [1.82, 2.24) is 14.8 Å². The maximum absolute atomic E-state index is 13.2. The number of halogens is 1. The first-order valence-electron chi connectivity index (χ1n) is 11.5. The number of aromatic nitrogens is 1. The van der Waals surface area contributed by atoms with E-state index in [0.29, 0.717) is 17.4 Å². The molecule has 32 heavy (non-hydrogen) atoms. The fourth-order valence-corrected chi connectivity index (χ4v) is 5.38. The molecule has 0 N–H and O–H groups in total. The first kappa shape index (κ1) is 21.3. The van der Waals surface area contributed by atoms with Gasteiger partial charge in [-0.05, 0) is 54.5 Å². The number of nitrogens with zero attached hydrogens (tertiary/aromatic N) is 4. The van der Waals surface area contributed by atoms with E-state index in [2.05, 4.69) is 9.88 Å². The summed E-state index contributed by atoms with van der Waals surface area (Å²) in [5, 5.41) is 0.684. The minimum Gasteiger partial charge on any atom is -0.353 e. The fraction of sp³-hybridized carbons (Fsp3) is 0.480. The summed E-state index contributed by atoms with van der Waals surface area (Å²) in [6, 6.07) is 13.4. The monoisotopic (exact) mass is 452 g/mol. The van der Waals surface area contributed by atoms with E-state index in [9.17, 15) is 9.59 Å². The second-order valence-corrected chi connectivity index (χ2v) is 9.74. The van der Waals surface area contributed by atoms with E-state index in [0.717, 1.165) is 69.9 Å². The molecule has 168 valence electrons. The van der Waals surface area contributed by atoms with Crippen molar-refractivity contribution < 1.29 is 9.59 Å². The number of hydrogen-bond acceptors (Lipinski definition) is 4. The van der Waals surface area contributed by atoms with Crippen LogP contribution in [0.5, 0.6) is 0 Å². The van der Waals surface area contributed by atoms with E-state index < -0.39 is 0 Å². The fourth-order valence-electron chi connectivity index (χ4n) is 5.26. The van der Waals surface area contributed by atoms with Crippen molar-refractivity contribution in [3.05, 3.63) is 59.2 Å². The summed E-state index contributed by atoms with van der Waals surface area (Å²) in [6.07, 6.45) is 5.07. The lowest BCUT2D eigenvalue weighted by Crippen LogP contribution is -2.50. The second-order valence-electron chi connectivity index (χ2n) is 9.30. The number of benzene rings is 1. The minimum absolute atomic E-state index is 0.117. The van der Waals surface area contributed by atoms with Gasteiger partial charge in [-0.1, -0.05) is 29.8 Å². The highest BCUT2D eigenvalue weighted by Gasteiger charge is 2.59. The van der Waals surface area contributed by atoms with Crippen molar-refractivity contribution in [3.8, 4) is 0 Å². The van der Waals surface area contributed by atoms with Crippen LogP contribution < -0.4 is 4.90 Å². The Kier molecular flexibility index (Phi) is 5.80. The molecular weight excluding hydrogens is 424 g/mol. The molecule has 3 fully saturated rings. The van der Waals surface area contributed by atoms with Crippen LogP contribution in [0.4, 0.5) is 5.82 Å². The molecule has 2 amide bonds. The Bertz CT molecular complexity index is 965. The van der Waals surface area contributed by atoms with Crippen molar-refractivity contribution >= 4 is 29.2 Å². The minimum atomic E-state index is 0.117. The number of piperidine rings is 1. The van der Waals surface area contributed by atoms with Crippen LogP contribution in [0.25, 0.3) is 0 Å². The zero-order valence-electron chi connectivity index (χ0n) is 18.3. The Morgan fingerprint density at radius 2 is 1.66 bits per heavy atom. The maximum atomic E-state index is 13.2. The molecule has 1 saturated carbocycles. The number of pyridine rings is 1. The number of rotatable bonds is 4. The number of piperazine rings is 1. The van der Waals surface area contributed by atoms with E-state index in [4.69, 9.17) is 11.6 Å². The molecule has 2 aliphatic heterocycles. The van der Waals surface area contributed by atoms with Gasteiger partial charge in [0, 0.05) is 56.4 Å². The summed E-state index contributed by atoms with van der Waals surface area (Å²) in [7, 11) is 0. The summed E-state index contributed by atoms with van der Waals surface area (Å²) in [5.74, 6) is 1.60. The summed E-state index contributed by atoms with van der Waals surface area (Å²) in [6.45, 7) is 4.68. The van der Waals surface area contributed by atoms with E-state index in [1.165, 1.54) is 0 Å². The third kappa shape index (κ3) is 4.33. The molecule has 1 spiro atoms. The van der Waals surface area contributed by atoms with Crippen LogP contribution in [-0.2, 0) is 16.0 Å². The Morgan fingerprint density at radius 1 is 0.938 bits per heavy atom. The molecule has 1 unspecified atom stereocenters. The van der Waals surface area contributed by atoms with Gasteiger partial charge in [-0.15, -0.1) is 0 Å². The molecule has 6 nitrogen and oxygen atoms in total. The molecular formula is C25H29ClN4O2. The number of amides is 2. The normalized spacial score (nSPS) is 22.2. The van der Waals surface area contributed by atoms with Crippen LogP contribution >= 0.6 is 11.6 Å². The van der Waals surface area contributed by atoms with Crippen molar-refractivity contribution in [2.24, 2.45) is 11.3 Å². The molecule has 0 radical (unpaired) electrons. The molecule has 3 aliphatic rings. The Morgan fingerprint density at radius 3 is 2.31 bits per heavy atom. The van der Waals surface area contributed by atoms with Gasteiger partial charge in [0.15, 0.2) is 0 Å². The standard InChI is InChI=1S/C25H29ClN4O2/c26-20-6-4-19(5-7-20)17-23(31)29-11-8-25(9-12-29)18-21(25)24(32)30-15-13-28(14-16-30)22-3-1-2-10-27-22/h1-7,10,21H,8-9,11-18H2. The SMILES string of the molecule is O=C(Cc1ccc(Cl)cc1)N1CCC2(CC1)CC2C(=O)N1CCN(c2ccccn2)CC1. The van der Waals surface area contributed by atoms with Gasteiger partial charge in [-0.3, -0.25) is 9.59 Å². The van der Waals surface area contributed by atoms with E-state index in [1.54, 1.807) is 0 Å². The predicted molar refractivity (Wildman–Crippen MR) is 125 cm³/mol. The van der Waals surface area contributed by atoms with Crippen LogP contribution in [0.3, 0.4) is 0 Å². The Hall–Kier alpha value is -2.60. The smallest absolute Gasteiger partial charge is 0.226 e. The van der Waals surface area contributed by atoms with Gasteiger partial charge in [0.2, 0.25) is 11.8 Å². The Labute approximate surface area is 194 Å². The average molecular weight is 453 g/mol. The average Bonchev–Trinajstić information content (AvgIpc) is 3.54. The maximum Gasteiger partial charge on any atom is 0.226 e. The number of hydrogen-bond donors (Lipinski definition) is 0. The number of likely N-dealkylation sites (tertiary alicyclic amines) is 1. The first-order valence-corrected chi connectivity index (χ1v) is 11.9. The summed E-state index contributed by atoms with van der Waals surface area (Å²) >= 11 is 5.93. The van der Waals surface area contributed by atoms with Crippen molar-refractivity contribution in [2.45, 2.75) is 25.7 Å². The molecule has 1 aromatic carbocycles. The highest BCUT2D eigenvalue weighted by Crippen LogP contribution is 2.60. The highest BCUT2D eigenvalue weighted by atomic mass is 35.5. The topological polar surface area (TPSA) is 56.8 Å². The van der Waals surface area contributed by atoms with Gasteiger partial charge in [0.25, 0.3) is 0 Å². The molecule has 0 bridgehead atoms. The Balaban J connectivity index is 1.10. The van der Waals surface area contributed by atoms with Gasteiger partial charge in [-0.2, -0.15) is 0 Å². The van der Waals surface area contributed by atoms with Gasteiger partial charge in [0.1, 0.15) is 5.82 Å². The molecule has 7 heteroatoms. The molecule has 1 atom stereocenters. The zero-order valence-corrected chi connectivity index (χ0v) is 19.0. The highest BCUT2D eigenvalue weighted by molar-refractivity contribution is 6.30. The molecule has 1 aliphatic carbocycles. The summed E-state index contributed by atoms with van der Waals surface area (Å²) < 4.78 is 0.